The van der Waals surface area contributed by atoms with Gasteiger partial charge in [0.2, 0.25) is 11.8 Å². The van der Waals surface area contributed by atoms with Crippen LogP contribution in [0.15, 0.2) is 24.3 Å². The van der Waals surface area contributed by atoms with Crippen molar-refractivity contribution in [3.8, 4) is 5.75 Å². The van der Waals surface area contributed by atoms with Crippen LogP contribution in [0.1, 0.15) is 5.56 Å². The average molecular weight is 661 g/mol. The number of rotatable bonds is 14. The molecule has 45 heavy (non-hydrogen) atoms. The predicted molar refractivity (Wildman–Crippen MR) is 157 cm³/mol. The van der Waals surface area contributed by atoms with Crippen LogP contribution < -0.4 is 14.8 Å². The van der Waals surface area contributed by atoms with Crippen molar-refractivity contribution >= 4 is 40.1 Å². The smallest absolute Gasteiger partial charge is 0.446 e. The van der Waals surface area contributed by atoms with Gasteiger partial charge in [-0.05, 0) is 17.7 Å². The molecule has 19 heteroatoms. The number of nitrogens with zero attached hydrogens (tertiary/aromatic N) is 4. The number of likely N-dealkylation sites (N-methyl/N-ethyl adjacent to an activating group) is 1. The van der Waals surface area contributed by atoms with E-state index in [1.807, 2.05) is 0 Å². The standard InChI is InChI=1S/C26H40N6O12S/c1-27-26(40)21(14-19-2-4-20(5-3-19)44-45(41,42)43)28-22(33)15-29-6-8-30(16-23(34)35)10-12-32(18-25(38)39)13-11-31(9-7-29)17-24(36)37/h2-5,21H,6-18H2,1H3,(H,27,40)(H,28,33)(H,34,35)(H,36,37)(H,38,39)(H,41,42,43)/t21-/m1/s1. The quantitative estimate of drug-likeness (QED) is 0.110. The summed E-state index contributed by atoms with van der Waals surface area (Å²) in [4.78, 5) is 66.6. The van der Waals surface area contributed by atoms with Crippen molar-refractivity contribution in [2.24, 2.45) is 0 Å². The number of carboxylic acid groups (broad SMARTS) is 3. The number of carboxylic acids is 3. The second-order valence-corrected chi connectivity index (χ2v) is 11.4. The summed E-state index contributed by atoms with van der Waals surface area (Å²) in [5.41, 5.74) is 0.545. The van der Waals surface area contributed by atoms with E-state index in [1.54, 1.807) is 19.6 Å². The van der Waals surface area contributed by atoms with Crippen LogP contribution in [0.5, 0.6) is 5.75 Å². The molecule has 1 aliphatic rings. The highest BCUT2D eigenvalue weighted by Crippen LogP contribution is 2.15. The number of nitrogens with one attached hydrogen (secondary N) is 2. The zero-order valence-corrected chi connectivity index (χ0v) is 25.6. The largest absolute Gasteiger partial charge is 0.480 e. The number of hydrogen-bond acceptors (Lipinski definition) is 12. The molecule has 0 aliphatic carbocycles. The van der Waals surface area contributed by atoms with Crippen molar-refractivity contribution in [2.45, 2.75) is 12.5 Å². The van der Waals surface area contributed by atoms with Crippen molar-refractivity contribution < 1.29 is 56.4 Å². The van der Waals surface area contributed by atoms with Gasteiger partial charge in [0.05, 0.1) is 26.2 Å². The molecule has 1 aliphatic heterocycles. The van der Waals surface area contributed by atoms with Gasteiger partial charge in [-0.2, -0.15) is 8.42 Å². The highest BCUT2D eigenvalue weighted by Gasteiger charge is 2.24. The van der Waals surface area contributed by atoms with Crippen LogP contribution in [0.4, 0.5) is 0 Å². The predicted octanol–water partition coefficient (Wildman–Crippen LogP) is -2.88. The Morgan fingerprint density at radius 2 is 1.11 bits per heavy atom. The summed E-state index contributed by atoms with van der Waals surface area (Å²) in [7, 11) is -3.32. The number of amides is 2. The lowest BCUT2D eigenvalue weighted by atomic mass is 10.0. The van der Waals surface area contributed by atoms with Gasteiger partial charge in [-0.25, -0.2) is 0 Å². The summed E-state index contributed by atoms with van der Waals surface area (Å²) in [5.74, 6) is -4.39. The molecule has 0 unspecified atom stereocenters. The molecule has 6 N–H and O–H groups in total. The molecule has 1 fully saturated rings. The minimum atomic E-state index is -4.71. The van der Waals surface area contributed by atoms with E-state index >= 15 is 0 Å². The molecular weight excluding hydrogens is 620 g/mol. The van der Waals surface area contributed by atoms with Gasteiger partial charge in [-0.15, -0.1) is 0 Å². The van der Waals surface area contributed by atoms with Crippen LogP contribution in [0.2, 0.25) is 0 Å². The van der Waals surface area contributed by atoms with E-state index < -0.39 is 46.2 Å². The van der Waals surface area contributed by atoms with Crippen molar-refractivity contribution in [2.75, 3.05) is 85.6 Å². The Hall–Kier alpha value is -3.88. The van der Waals surface area contributed by atoms with Gasteiger partial charge in [0.1, 0.15) is 11.8 Å². The lowest BCUT2D eigenvalue weighted by Crippen LogP contribution is -2.52. The zero-order chi connectivity index (χ0) is 33.6. The molecule has 2 rings (SSSR count). The van der Waals surface area contributed by atoms with E-state index in [4.69, 9.17) is 4.55 Å². The maximum absolute atomic E-state index is 13.2. The zero-order valence-electron chi connectivity index (χ0n) is 24.8. The lowest BCUT2D eigenvalue weighted by molar-refractivity contribution is -0.140. The summed E-state index contributed by atoms with van der Waals surface area (Å²) < 4.78 is 35.0. The van der Waals surface area contributed by atoms with Crippen LogP contribution in [-0.4, -0.2) is 169 Å². The average Bonchev–Trinajstić information content (AvgIpc) is 2.93. The minimum Gasteiger partial charge on any atom is -0.480 e. The van der Waals surface area contributed by atoms with E-state index in [2.05, 4.69) is 14.8 Å². The fourth-order valence-electron chi connectivity index (χ4n) is 4.65. The Morgan fingerprint density at radius 3 is 1.44 bits per heavy atom. The maximum Gasteiger partial charge on any atom is 0.446 e. The first kappa shape index (κ1) is 37.3. The van der Waals surface area contributed by atoms with E-state index in [1.165, 1.54) is 31.3 Å². The van der Waals surface area contributed by atoms with E-state index in [-0.39, 0.29) is 90.7 Å². The second-order valence-electron chi connectivity index (χ2n) is 10.4. The Bertz CT molecular complexity index is 1250. The molecule has 2 amide bonds. The van der Waals surface area contributed by atoms with E-state index in [0.717, 1.165) is 0 Å². The molecule has 0 bridgehead atoms. The monoisotopic (exact) mass is 660 g/mol. The number of benzene rings is 1. The molecule has 1 aromatic carbocycles. The molecule has 1 saturated heterocycles. The molecule has 0 saturated carbocycles. The highest BCUT2D eigenvalue weighted by molar-refractivity contribution is 7.81. The third-order valence-corrected chi connectivity index (χ3v) is 7.24. The van der Waals surface area contributed by atoms with Crippen molar-refractivity contribution in [3.05, 3.63) is 29.8 Å². The number of carbonyl (C=O) groups is 5. The third-order valence-electron chi connectivity index (χ3n) is 6.84. The van der Waals surface area contributed by atoms with Gasteiger partial charge in [-0.3, -0.25) is 48.1 Å². The fraction of sp³-hybridized carbons (Fsp3) is 0.577. The number of hydrogen-bond donors (Lipinski definition) is 6. The Balaban J connectivity index is 2.16. The molecule has 18 nitrogen and oxygen atoms in total. The summed E-state index contributed by atoms with van der Waals surface area (Å²) in [5, 5.41) is 33.2. The van der Waals surface area contributed by atoms with Gasteiger partial charge in [0, 0.05) is 65.8 Å². The second kappa shape index (κ2) is 18.2. The molecule has 0 aromatic heterocycles. The molecule has 252 valence electrons. The first-order valence-corrected chi connectivity index (χ1v) is 15.3. The summed E-state index contributed by atoms with van der Waals surface area (Å²) in [6, 6.07) is 4.45. The van der Waals surface area contributed by atoms with Crippen LogP contribution in [0.3, 0.4) is 0 Å². The van der Waals surface area contributed by atoms with Gasteiger partial charge in [0.15, 0.2) is 0 Å². The van der Waals surface area contributed by atoms with Crippen LogP contribution >= 0.6 is 0 Å². The Kier molecular flexibility index (Phi) is 15.1. The highest BCUT2D eigenvalue weighted by atomic mass is 32.3. The first-order valence-electron chi connectivity index (χ1n) is 13.9. The molecule has 1 heterocycles. The molecule has 0 spiro atoms. The molecule has 1 atom stereocenters. The van der Waals surface area contributed by atoms with Gasteiger partial charge in [-0.1, -0.05) is 12.1 Å². The normalized spacial score (nSPS) is 17.3. The van der Waals surface area contributed by atoms with Crippen LogP contribution in [0.25, 0.3) is 0 Å². The van der Waals surface area contributed by atoms with E-state index in [0.29, 0.717) is 5.56 Å². The molecule has 0 radical (unpaired) electrons. The Labute approximate surface area is 260 Å². The third kappa shape index (κ3) is 15.6. The Morgan fingerprint density at radius 1 is 0.733 bits per heavy atom. The summed E-state index contributed by atoms with van der Waals surface area (Å²) in [6.45, 7) is 0.710. The van der Waals surface area contributed by atoms with E-state index in [9.17, 15) is 47.7 Å². The van der Waals surface area contributed by atoms with Gasteiger partial charge < -0.3 is 30.1 Å². The number of carbonyl (C=O) groups excluding carboxylic acids is 2. The maximum atomic E-state index is 13.2. The molecule has 1 aromatic rings. The SMILES string of the molecule is CNC(=O)[C@@H](Cc1ccc(OS(=O)(=O)O)cc1)NC(=O)CN1CCN(CC(=O)O)CCN(CC(=O)O)CCN(CC(=O)O)CC1. The van der Waals surface area contributed by atoms with Crippen LogP contribution in [0, 0.1) is 0 Å². The van der Waals surface area contributed by atoms with Gasteiger partial charge in [0.25, 0.3) is 0 Å². The van der Waals surface area contributed by atoms with Gasteiger partial charge >= 0.3 is 28.3 Å². The van der Waals surface area contributed by atoms with Crippen molar-refractivity contribution in [3.63, 3.8) is 0 Å². The van der Waals surface area contributed by atoms with Crippen LogP contribution in [-0.2, 0) is 40.8 Å². The summed E-state index contributed by atoms with van der Waals surface area (Å²) >= 11 is 0. The molecular formula is C26H40N6O12S. The number of aliphatic carboxylic acids is 3. The lowest BCUT2D eigenvalue weighted by Gasteiger charge is -2.33. The topological polar surface area (TPSA) is 247 Å². The van der Waals surface area contributed by atoms with Crippen molar-refractivity contribution in [1.82, 2.24) is 30.2 Å². The fourth-order valence-corrected chi connectivity index (χ4v) is 5.00. The van der Waals surface area contributed by atoms with Crippen molar-refractivity contribution in [1.29, 1.82) is 0 Å². The first-order chi connectivity index (χ1) is 21.1. The minimum absolute atomic E-state index is 0.0309. The summed E-state index contributed by atoms with van der Waals surface area (Å²) in [6.07, 6.45) is 0.0309.